The summed E-state index contributed by atoms with van der Waals surface area (Å²) in [5.74, 6) is 0. The van der Waals surface area contributed by atoms with Crippen molar-refractivity contribution in [2.75, 3.05) is 0 Å². The van der Waals surface area contributed by atoms with Gasteiger partial charge in [-0.3, -0.25) is 10.1 Å². The lowest BCUT2D eigenvalue weighted by Gasteiger charge is -1.78. The van der Waals surface area contributed by atoms with Crippen LogP contribution in [0.25, 0.3) is 0 Å². The maximum Gasteiger partial charge on any atom is 0.230 e. The van der Waals surface area contributed by atoms with Gasteiger partial charge in [-0.1, -0.05) is 13.3 Å². The van der Waals surface area contributed by atoms with E-state index < -0.39 is 4.92 Å². The Labute approximate surface area is 48.2 Å². The number of nitrogens with zero attached hydrogens (tertiary/aromatic N) is 1. The number of hydrogen-bond acceptors (Lipinski definition) is 2. The molecule has 3 nitrogen and oxygen atoms in total. The van der Waals surface area contributed by atoms with Gasteiger partial charge in [-0.2, -0.15) is 0 Å². The first kappa shape index (κ1) is 7.14. The van der Waals surface area contributed by atoms with Crippen LogP contribution in [-0.4, -0.2) is 4.92 Å². The minimum Gasteiger partial charge on any atom is -0.259 e. The van der Waals surface area contributed by atoms with Crippen molar-refractivity contribution < 1.29 is 4.92 Å². The summed E-state index contributed by atoms with van der Waals surface area (Å²) < 4.78 is 0. The van der Waals surface area contributed by atoms with Crippen LogP contribution < -0.4 is 0 Å². The fourth-order valence-electron chi connectivity index (χ4n) is 0.327. The van der Waals surface area contributed by atoms with E-state index in [4.69, 9.17) is 0 Å². The lowest BCUT2D eigenvalue weighted by atomic mass is 10.3. The first-order valence-electron chi connectivity index (χ1n) is 2.57. The van der Waals surface area contributed by atoms with E-state index in [-0.39, 0.29) is 0 Å². The molecule has 0 bridgehead atoms. The molecular formula is C5H9NO2. The second kappa shape index (κ2) is 4.30. The van der Waals surface area contributed by atoms with E-state index in [1.165, 1.54) is 0 Å². The largest absolute Gasteiger partial charge is 0.259 e. The molecular weight excluding hydrogens is 106 g/mol. The zero-order chi connectivity index (χ0) is 6.41. The molecule has 0 aromatic rings. The normalized spacial score (nSPS) is 10.1. The maximum absolute atomic E-state index is 9.59. The van der Waals surface area contributed by atoms with E-state index in [9.17, 15) is 10.1 Å². The Hall–Kier alpha value is -0.860. The third-order valence-electron chi connectivity index (χ3n) is 0.682. The number of hydrogen-bond donors (Lipinski definition) is 0. The number of rotatable bonds is 3. The molecule has 0 saturated heterocycles. The van der Waals surface area contributed by atoms with E-state index >= 15 is 0 Å². The second-order valence-electron chi connectivity index (χ2n) is 1.46. The van der Waals surface area contributed by atoms with Gasteiger partial charge in [0.2, 0.25) is 6.20 Å². The SMILES string of the molecule is CCC/C=C\[N+](=O)[O-]. The average Bonchev–Trinajstić information content (AvgIpc) is 1.66. The summed E-state index contributed by atoms with van der Waals surface area (Å²) in [4.78, 5) is 9.14. The highest BCUT2D eigenvalue weighted by molar-refractivity contribution is 4.70. The summed E-state index contributed by atoms with van der Waals surface area (Å²) in [7, 11) is 0. The molecule has 0 aliphatic heterocycles. The van der Waals surface area contributed by atoms with Crippen molar-refractivity contribution in [3.05, 3.63) is 22.4 Å². The molecule has 0 atom stereocenters. The summed E-state index contributed by atoms with van der Waals surface area (Å²) in [5, 5.41) is 9.59. The van der Waals surface area contributed by atoms with Gasteiger partial charge in [0.1, 0.15) is 0 Å². The standard InChI is InChI=1S/C5H9NO2/c1-2-3-4-5-6(7)8/h4-5H,2-3H2,1H3/b5-4-. The molecule has 0 saturated carbocycles. The molecule has 0 radical (unpaired) electrons. The third-order valence-corrected chi connectivity index (χ3v) is 0.682. The van der Waals surface area contributed by atoms with Crippen LogP contribution in [0.4, 0.5) is 0 Å². The highest BCUT2D eigenvalue weighted by Gasteiger charge is 1.80. The molecule has 0 aromatic heterocycles. The van der Waals surface area contributed by atoms with E-state index in [2.05, 4.69) is 0 Å². The van der Waals surface area contributed by atoms with Gasteiger partial charge in [0, 0.05) is 0 Å². The minimum absolute atomic E-state index is 0.449. The van der Waals surface area contributed by atoms with Crippen LogP contribution >= 0.6 is 0 Å². The predicted molar refractivity (Wildman–Crippen MR) is 31.0 cm³/mol. The van der Waals surface area contributed by atoms with Crippen LogP contribution in [0.3, 0.4) is 0 Å². The van der Waals surface area contributed by atoms with Gasteiger partial charge in [0.15, 0.2) is 0 Å². The zero-order valence-corrected chi connectivity index (χ0v) is 4.83. The fourth-order valence-corrected chi connectivity index (χ4v) is 0.327. The molecule has 0 aliphatic carbocycles. The molecule has 0 aromatic carbocycles. The molecule has 8 heavy (non-hydrogen) atoms. The maximum atomic E-state index is 9.59. The molecule has 0 spiro atoms. The molecule has 0 unspecified atom stereocenters. The molecule has 0 rings (SSSR count). The van der Waals surface area contributed by atoms with Crippen molar-refractivity contribution in [2.24, 2.45) is 0 Å². The van der Waals surface area contributed by atoms with Crippen molar-refractivity contribution in [3.63, 3.8) is 0 Å². The number of nitro groups is 1. The molecule has 3 heteroatoms. The van der Waals surface area contributed by atoms with E-state index in [1.54, 1.807) is 6.08 Å². The Kier molecular flexibility index (Phi) is 3.84. The summed E-state index contributed by atoms with van der Waals surface area (Å²) in [5.41, 5.74) is 0. The number of allylic oxidation sites excluding steroid dienone is 1. The molecule has 0 amide bonds. The average molecular weight is 115 g/mol. The second-order valence-corrected chi connectivity index (χ2v) is 1.46. The lowest BCUT2D eigenvalue weighted by Crippen LogP contribution is -1.81. The highest BCUT2D eigenvalue weighted by Crippen LogP contribution is 1.86. The zero-order valence-electron chi connectivity index (χ0n) is 4.83. The molecule has 0 aliphatic rings. The third kappa shape index (κ3) is 5.14. The van der Waals surface area contributed by atoms with Gasteiger partial charge in [-0.05, 0) is 12.5 Å². The Bertz CT molecular complexity index is 98.6. The summed E-state index contributed by atoms with van der Waals surface area (Å²) in [6.07, 6.45) is 4.29. The van der Waals surface area contributed by atoms with Gasteiger partial charge in [-0.25, -0.2) is 0 Å². The highest BCUT2D eigenvalue weighted by atomic mass is 16.6. The van der Waals surface area contributed by atoms with Crippen molar-refractivity contribution in [2.45, 2.75) is 19.8 Å². The van der Waals surface area contributed by atoms with Gasteiger partial charge in [-0.15, -0.1) is 0 Å². The first-order chi connectivity index (χ1) is 3.77. The van der Waals surface area contributed by atoms with Crippen molar-refractivity contribution in [3.8, 4) is 0 Å². The van der Waals surface area contributed by atoms with Crippen LogP contribution in [-0.2, 0) is 0 Å². The van der Waals surface area contributed by atoms with Crippen LogP contribution in [0.15, 0.2) is 12.3 Å². The smallest absolute Gasteiger partial charge is 0.230 e. The van der Waals surface area contributed by atoms with Crippen LogP contribution in [0, 0.1) is 10.1 Å². The van der Waals surface area contributed by atoms with Gasteiger partial charge in [0.05, 0.1) is 4.92 Å². The molecule has 0 N–H and O–H groups in total. The number of unbranched alkanes of at least 4 members (excludes halogenated alkanes) is 1. The van der Waals surface area contributed by atoms with Crippen molar-refractivity contribution >= 4 is 0 Å². The molecule has 46 valence electrons. The first-order valence-corrected chi connectivity index (χ1v) is 2.57. The summed E-state index contributed by atoms with van der Waals surface area (Å²) in [6.45, 7) is 1.98. The quantitative estimate of drug-likeness (QED) is 0.414. The fraction of sp³-hybridized carbons (Fsp3) is 0.600. The summed E-state index contributed by atoms with van der Waals surface area (Å²) in [6, 6.07) is 0. The minimum atomic E-state index is -0.449. The lowest BCUT2D eigenvalue weighted by molar-refractivity contribution is -0.402. The van der Waals surface area contributed by atoms with E-state index in [1.807, 2.05) is 6.92 Å². The van der Waals surface area contributed by atoms with Crippen LogP contribution in [0.1, 0.15) is 19.8 Å². The predicted octanol–water partition coefficient (Wildman–Crippen LogP) is 1.58. The van der Waals surface area contributed by atoms with Gasteiger partial charge in [0.25, 0.3) is 0 Å². The van der Waals surface area contributed by atoms with Crippen LogP contribution in [0.5, 0.6) is 0 Å². The molecule has 0 heterocycles. The van der Waals surface area contributed by atoms with Gasteiger partial charge >= 0.3 is 0 Å². The van der Waals surface area contributed by atoms with Crippen LogP contribution in [0.2, 0.25) is 0 Å². The Balaban J connectivity index is 3.20. The Morgan fingerprint density at radius 2 is 2.38 bits per heavy atom. The van der Waals surface area contributed by atoms with E-state index in [0.29, 0.717) is 0 Å². The van der Waals surface area contributed by atoms with E-state index in [0.717, 1.165) is 19.0 Å². The molecule has 0 fully saturated rings. The van der Waals surface area contributed by atoms with Gasteiger partial charge < -0.3 is 0 Å². The topological polar surface area (TPSA) is 43.1 Å². The van der Waals surface area contributed by atoms with Crippen molar-refractivity contribution in [1.29, 1.82) is 0 Å². The Morgan fingerprint density at radius 1 is 1.75 bits per heavy atom. The Morgan fingerprint density at radius 3 is 2.75 bits per heavy atom. The summed E-state index contributed by atoms with van der Waals surface area (Å²) >= 11 is 0. The van der Waals surface area contributed by atoms with Crippen molar-refractivity contribution in [1.82, 2.24) is 0 Å². The monoisotopic (exact) mass is 115 g/mol.